The minimum Gasteiger partial charge on any atom is -0.309 e. The van der Waals surface area contributed by atoms with Crippen LogP contribution in [0, 0.1) is 10.1 Å². The Morgan fingerprint density at radius 3 is 2.95 bits per heavy atom. The molecule has 0 heterocycles. The highest BCUT2D eigenvalue weighted by Crippen LogP contribution is 2.29. The third-order valence-electron chi connectivity index (χ3n) is 3.48. The lowest BCUT2D eigenvalue weighted by Crippen LogP contribution is -2.33. The molecule has 0 saturated heterocycles. The molecular weight excluding hydrogens is 328 g/mol. The summed E-state index contributed by atoms with van der Waals surface area (Å²) >= 11 is 5.23. The molecule has 0 aliphatic heterocycles. The van der Waals surface area contributed by atoms with Crippen molar-refractivity contribution >= 4 is 33.4 Å². The van der Waals surface area contributed by atoms with Crippen molar-refractivity contribution in [3.8, 4) is 0 Å². The average molecular weight is 345 g/mol. The lowest BCUT2D eigenvalue weighted by Gasteiger charge is -2.19. The number of hydrogen-bond acceptors (Lipinski definition) is 4. The van der Waals surface area contributed by atoms with Gasteiger partial charge in [-0.2, -0.15) is 11.8 Å². The van der Waals surface area contributed by atoms with E-state index in [4.69, 9.17) is 0 Å². The summed E-state index contributed by atoms with van der Waals surface area (Å²) in [6, 6.07) is 5.63. The Morgan fingerprint density at radius 1 is 1.47 bits per heavy atom. The molecule has 6 heteroatoms. The van der Waals surface area contributed by atoms with E-state index in [1.54, 1.807) is 6.07 Å². The number of rotatable bonds is 5. The smallest absolute Gasteiger partial charge is 0.270 e. The van der Waals surface area contributed by atoms with Gasteiger partial charge >= 0.3 is 0 Å². The first-order chi connectivity index (χ1) is 9.10. The monoisotopic (exact) mass is 344 g/mol. The fourth-order valence-electron chi connectivity index (χ4n) is 2.53. The Bertz CT molecular complexity index is 470. The zero-order chi connectivity index (χ0) is 13.8. The Hall–Kier alpha value is -0.590. The summed E-state index contributed by atoms with van der Waals surface area (Å²) in [4.78, 5) is 10.5. The first-order valence-corrected chi connectivity index (χ1v) is 8.38. The number of thioether (sulfide) groups is 1. The van der Waals surface area contributed by atoms with Crippen molar-refractivity contribution in [2.75, 3.05) is 6.26 Å². The van der Waals surface area contributed by atoms with Gasteiger partial charge in [0.25, 0.3) is 5.69 Å². The van der Waals surface area contributed by atoms with Gasteiger partial charge in [0.2, 0.25) is 0 Å². The van der Waals surface area contributed by atoms with Crippen LogP contribution in [-0.2, 0) is 6.54 Å². The van der Waals surface area contributed by atoms with Gasteiger partial charge in [-0.15, -0.1) is 0 Å². The van der Waals surface area contributed by atoms with Crippen LogP contribution >= 0.6 is 27.7 Å². The molecule has 104 valence electrons. The van der Waals surface area contributed by atoms with E-state index in [1.807, 2.05) is 17.8 Å². The molecule has 1 aromatic carbocycles. The van der Waals surface area contributed by atoms with Crippen LogP contribution in [0.1, 0.15) is 24.8 Å². The second-order valence-corrected chi connectivity index (χ2v) is 6.76. The minimum atomic E-state index is -0.353. The minimum absolute atomic E-state index is 0.138. The van der Waals surface area contributed by atoms with Crippen LogP contribution in [0.4, 0.5) is 5.69 Å². The van der Waals surface area contributed by atoms with Crippen molar-refractivity contribution < 1.29 is 4.92 Å². The van der Waals surface area contributed by atoms with E-state index in [-0.39, 0.29) is 10.6 Å². The largest absolute Gasteiger partial charge is 0.309 e. The molecule has 1 saturated carbocycles. The van der Waals surface area contributed by atoms with Crippen LogP contribution in [0.5, 0.6) is 0 Å². The Kier molecular flexibility index (Phi) is 5.24. The number of hydrogen-bond donors (Lipinski definition) is 1. The summed E-state index contributed by atoms with van der Waals surface area (Å²) in [6.45, 7) is 0.683. The predicted octanol–water partition coefficient (Wildman–Crippen LogP) is 3.73. The van der Waals surface area contributed by atoms with Crippen molar-refractivity contribution in [2.24, 2.45) is 0 Å². The predicted molar refractivity (Wildman–Crippen MR) is 82.6 cm³/mol. The van der Waals surface area contributed by atoms with Gasteiger partial charge in [-0.3, -0.25) is 10.1 Å². The molecule has 1 aromatic rings. The third-order valence-corrected chi connectivity index (χ3v) is 5.10. The van der Waals surface area contributed by atoms with Gasteiger partial charge in [-0.05, 0) is 30.7 Å². The Balaban J connectivity index is 2.01. The first kappa shape index (κ1) is 14.8. The maximum absolute atomic E-state index is 10.8. The maximum atomic E-state index is 10.8. The fourth-order valence-corrected chi connectivity index (χ4v) is 4.02. The van der Waals surface area contributed by atoms with Gasteiger partial charge in [-0.1, -0.05) is 22.4 Å². The van der Waals surface area contributed by atoms with E-state index in [2.05, 4.69) is 27.5 Å². The maximum Gasteiger partial charge on any atom is 0.270 e. The standard InChI is InChI=1S/C13H17BrN2O2S/c1-19-13-4-2-3-12(13)15-8-9-5-10(14)7-11(6-9)16(17)18/h5-7,12-13,15H,2-4,8H2,1H3. The van der Waals surface area contributed by atoms with Gasteiger partial charge in [0.15, 0.2) is 0 Å². The van der Waals surface area contributed by atoms with Gasteiger partial charge in [0.1, 0.15) is 0 Å². The van der Waals surface area contributed by atoms with E-state index in [9.17, 15) is 10.1 Å². The normalized spacial score (nSPS) is 22.6. The van der Waals surface area contributed by atoms with Crippen LogP contribution in [0.25, 0.3) is 0 Å². The number of benzene rings is 1. The quantitative estimate of drug-likeness (QED) is 0.653. The number of nitrogens with zero attached hydrogens (tertiary/aromatic N) is 1. The van der Waals surface area contributed by atoms with E-state index in [0.717, 1.165) is 10.0 Å². The van der Waals surface area contributed by atoms with Crippen LogP contribution in [0.2, 0.25) is 0 Å². The number of nitro groups is 1. The highest BCUT2D eigenvalue weighted by atomic mass is 79.9. The van der Waals surface area contributed by atoms with Crippen LogP contribution < -0.4 is 5.32 Å². The molecule has 1 aliphatic rings. The SMILES string of the molecule is CSC1CCCC1NCc1cc(Br)cc([N+](=O)[O-])c1. The molecule has 0 spiro atoms. The van der Waals surface area contributed by atoms with E-state index < -0.39 is 0 Å². The van der Waals surface area contributed by atoms with E-state index >= 15 is 0 Å². The molecule has 0 bridgehead atoms. The molecular formula is C13H17BrN2O2S. The molecule has 2 atom stereocenters. The molecule has 1 N–H and O–H groups in total. The van der Waals surface area contributed by atoms with Gasteiger partial charge < -0.3 is 5.32 Å². The molecule has 0 aromatic heterocycles. The van der Waals surface area contributed by atoms with Crippen molar-refractivity contribution in [3.63, 3.8) is 0 Å². The highest BCUT2D eigenvalue weighted by molar-refractivity contribution is 9.10. The lowest BCUT2D eigenvalue weighted by molar-refractivity contribution is -0.385. The molecule has 0 amide bonds. The Morgan fingerprint density at radius 2 is 2.26 bits per heavy atom. The summed E-state index contributed by atoms with van der Waals surface area (Å²) in [5.41, 5.74) is 1.09. The molecule has 1 aliphatic carbocycles. The number of nitro benzene ring substituents is 1. The van der Waals surface area contributed by atoms with E-state index in [1.165, 1.54) is 25.3 Å². The van der Waals surface area contributed by atoms with Gasteiger partial charge in [0.05, 0.1) is 4.92 Å². The summed E-state index contributed by atoms with van der Waals surface area (Å²) in [7, 11) is 0. The average Bonchev–Trinajstić information content (AvgIpc) is 2.83. The topological polar surface area (TPSA) is 55.2 Å². The summed E-state index contributed by atoms with van der Waals surface area (Å²) in [6.07, 6.45) is 5.87. The second kappa shape index (κ2) is 6.72. The highest BCUT2D eigenvalue weighted by Gasteiger charge is 2.25. The fraction of sp³-hybridized carbons (Fsp3) is 0.538. The zero-order valence-corrected chi connectivity index (χ0v) is 13.2. The third kappa shape index (κ3) is 3.94. The molecule has 19 heavy (non-hydrogen) atoms. The molecule has 1 fully saturated rings. The zero-order valence-electron chi connectivity index (χ0n) is 10.8. The molecule has 2 rings (SSSR count). The second-order valence-electron chi connectivity index (χ2n) is 4.77. The number of non-ortho nitro benzene ring substituents is 1. The van der Waals surface area contributed by atoms with Crippen molar-refractivity contribution in [3.05, 3.63) is 38.3 Å². The van der Waals surface area contributed by atoms with Crippen LogP contribution in [0.3, 0.4) is 0 Å². The lowest BCUT2D eigenvalue weighted by atomic mass is 10.1. The summed E-state index contributed by atoms with van der Waals surface area (Å²) in [5, 5.41) is 15.0. The first-order valence-electron chi connectivity index (χ1n) is 6.30. The van der Waals surface area contributed by atoms with Crippen molar-refractivity contribution in [1.82, 2.24) is 5.32 Å². The van der Waals surface area contributed by atoms with Crippen LogP contribution in [0.15, 0.2) is 22.7 Å². The van der Waals surface area contributed by atoms with Gasteiger partial charge in [0, 0.05) is 34.4 Å². The van der Waals surface area contributed by atoms with Crippen LogP contribution in [-0.4, -0.2) is 22.5 Å². The molecule has 0 radical (unpaired) electrons. The van der Waals surface area contributed by atoms with Crippen molar-refractivity contribution in [1.29, 1.82) is 0 Å². The summed E-state index contributed by atoms with van der Waals surface area (Å²) < 4.78 is 0.756. The Labute approximate surface area is 125 Å². The number of nitrogens with one attached hydrogen (secondary N) is 1. The molecule has 2 unspecified atom stereocenters. The summed E-state index contributed by atoms with van der Waals surface area (Å²) in [5.74, 6) is 0. The molecule has 4 nitrogen and oxygen atoms in total. The number of halogens is 1. The van der Waals surface area contributed by atoms with Gasteiger partial charge in [-0.25, -0.2) is 0 Å². The van der Waals surface area contributed by atoms with E-state index in [0.29, 0.717) is 17.8 Å². The van der Waals surface area contributed by atoms with Crippen molar-refractivity contribution in [2.45, 2.75) is 37.1 Å².